The lowest BCUT2D eigenvalue weighted by Gasteiger charge is -2.18. The number of unbranched alkanes of at least 4 members (excludes halogenated alkanes) is 29. The molecule has 0 aliphatic rings. The summed E-state index contributed by atoms with van der Waals surface area (Å²) < 4.78 is 16.5. The Kier molecular flexibility index (Phi) is 38.9. The summed E-state index contributed by atoms with van der Waals surface area (Å²) in [6.07, 6.45) is 39.8. The minimum Gasteiger partial charge on any atom is -0.462 e. The number of hydrogen-bond donors (Lipinski definition) is 0. The van der Waals surface area contributed by atoms with Gasteiger partial charge >= 0.3 is 17.9 Å². The number of hydrogen-bond acceptors (Lipinski definition) is 6. The van der Waals surface area contributed by atoms with Gasteiger partial charge in [0.1, 0.15) is 13.2 Å². The number of esters is 3. The fourth-order valence-electron chi connectivity index (χ4n) is 6.50. The Morgan fingerprint density at radius 3 is 0.800 bits per heavy atom. The predicted octanol–water partition coefficient (Wildman–Crippen LogP) is 13.7. The standard InChI is InChI=1S/C44H84O6/c1-4-7-10-13-15-17-18-19-20-21-22-23-24-25-27-29-32-34-37-43(46)49-40-41(50-44(47)38-35-30-12-9-6-3)39-48-42(45)36-33-31-28-26-16-14-11-8-5-2/h41H,4-40H2,1-3H3/t41-/m1/s1. The molecule has 0 rings (SSSR count). The van der Waals surface area contributed by atoms with Gasteiger partial charge in [-0.15, -0.1) is 0 Å². The molecule has 0 N–H and O–H groups in total. The van der Waals surface area contributed by atoms with Crippen LogP contribution in [0.4, 0.5) is 0 Å². The van der Waals surface area contributed by atoms with Crippen LogP contribution in [-0.4, -0.2) is 37.2 Å². The molecule has 0 heterocycles. The molecule has 6 nitrogen and oxygen atoms in total. The van der Waals surface area contributed by atoms with E-state index in [1.54, 1.807) is 0 Å². The van der Waals surface area contributed by atoms with Gasteiger partial charge in [-0.2, -0.15) is 0 Å². The molecular formula is C44H84O6. The molecule has 0 aliphatic carbocycles. The normalized spacial score (nSPS) is 11.8. The lowest BCUT2D eigenvalue weighted by molar-refractivity contribution is -0.167. The summed E-state index contributed by atoms with van der Waals surface area (Å²) in [4.78, 5) is 37.3. The van der Waals surface area contributed by atoms with E-state index in [9.17, 15) is 14.4 Å². The van der Waals surface area contributed by atoms with E-state index in [2.05, 4.69) is 20.8 Å². The molecule has 296 valence electrons. The molecule has 0 amide bonds. The molecule has 0 spiro atoms. The van der Waals surface area contributed by atoms with Gasteiger partial charge in [0.25, 0.3) is 0 Å². The zero-order valence-corrected chi connectivity index (χ0v) is 33.7. The second-order valence-corrected chi connectivity index (χ2v) is 15.0. The van der Waals surface area contributed by atoms with Crippen molar-refractivity contribution in [1.29, 1.82) is 0 Å². The number of ether oxygens (including phenoxy) is 3. The largest absolute Gasteiger partial charge is 0.462 e. The van der Waals surface area contributed by atoms with Crippen molar-refractivity contribution in [2.75, 3.05) is 13.2 Å². The van der Waals surface area contributed by atoms with E-state index in [1.807, 2.05) is 0 Å². The first-order chi connectivity index (χ1) is 24.5. The van der Waals surface area contributed by atoms with E-state index in [0.717, 1.165) is 64.2 Å². The van der Waals surface area contributed by atoms with E-state index in [-0.39, 0.29) is 31.1 Å². The molecule has 50 heavy (non-hydrogen) atoms. The Morgan fingerprint density at radius 2 is 0.540 bits per heavy atom. The molecular weight excluding hydrogens is 624 g/mol. The summed E-state index contributed by atoms with van der Waals surface area (Å²) in [6, 6.07) is 0. The van der Waals surface area contributed by atoms with Gasteiger partial charge in [-0.3, -0.25) is 14.4 Å². The molecule has 0 saturated carbocycles. The number of rotatable bonds is 40. The first-order valence-corrected chi connectivity index (χ1v) is 22.0. The van der Waals surface area contributed by atoms with Crippen molar-refractivity contribution in [2.45, 2.75) is 252 Å². The molecule has 6 heteroatoms. The minimum atomic E-state index is -0.755. The van der Waals surface area contributed by atoms with Crippen molar-refractivity contribution in [1.82, 2.24) is 0 Å². The highest BCUT2D eigenvalue weighted by Gasteiger charge is 2.19. The Hall–Kier alpha value is -1.59. The highest BCUT2D eigenvalue weighted by Crippen LogP contribution is 2.16. The average molecular weight is 709 g/mol. The van der Waals surface area contributed by atoms with Gasteiger partial charge in [0.15, 0.2) is 6.10 Å². The van der Waals surface area contributed by atoms with Crippen LogP contribution in [0.5, 0.6) is 0 Å². The van der Waals surface area contributed by atoms with Crippen LogP contribution in [0.3, 0.4) is 0 Å². The lowest BCUT2D eigenvalue weighted by Crippen LogP contribution is -2.30. The summed E-state index contributed by atoms with van der Waals surface area (Å²) in [5, 5.41) is 0. The monoisotopic (exact) mass is 709 g/mol. The minimum absolute atomic E-state index is 0.0647. The van der Waals surface area contributed by atoms with E-state index in [0.29, 0.717) is 19.3 Å². The highest BCUT2D eigenvalue weighted by molar-refractivity contribution is 5.71. The third-order valence-electron chi connectivity index (χ3n) is 9.86. The fraction of sp³-hybridized carbons (Fsp3) is 0.932. The van der Waals surface area contributed by atoms with Crippen molar-refractivity contribution in [3.63, 3.8) is 0 Å². The van der Waals surface area contributed by atoms with Crippen molar-refractivity contribution < 1.29 is 28.6 Å². The molecule has 0 bridgehead atoms. The summed E-state index contributed by atoms with van der Waals surface area (Å²) in [7, 11) is 0. The Bertz CT molecular complexity index is 738. The highest BCUT2D eigenvalue weighted by atomic mass is 16.6. The lowest BCUT2D eigenvalue weighted by atomic mass is 10.0. The fourth-order valence-corrected chi connectivity index (χ4v) is 6.50. The van der Waals surface area contributed by atoms with Crippen LogP contribution in [-0.2, 0) is 28.6 Å². The van der Waals surface area contributed by atoms with Crippen LogP contribution < -0.4 is 0 Å². The molecule has 0 aromatic rings. The van der Waals surface area contributed by atoms with Crippen molar-refractivity contribution in [3.8, 4) is 0 Å². The van der Waals surface area contributed by atoms with Crippen LogP contribution in [0.1, 0.15) is 245 Å². The van der Waals surface area contributed by atoms with E-state index in [1.165, 1.54) is 141 Å². The van der Waals surface area contributed by atoms with E-state index >= 15 is 0 Å². The van der Waals surface area contributed by atoms with Gasteiger partial charge in [0.2, 0.25) is 0 Å². The van der Waals surface area contributed by atoms with Crippen LogP contribution in [0.25, 0.3) is 0 Å². The molecule has 1 atom stereocenters. The van der Waals surface area contributed by atoms with E-state index < -0.39 is 6.10 Å². The molecule has 0 radical (unpaired) electrons. The van der Waals surface area contributed by atoms with E-state index in [4.69, 9.17) is 14.2 Å². The third-order valence-corrected chi connectivity index (χ3v) is 9.86. The molecule has 0 aromatic heterocycles. The first kappa shape index (κ1) is 48.4. The second kappa shape index (κ2) is 40.2. The Morgan fingerprint density at radius 1 is 0.320 bits per heavy atom. The van der Waals surface area contributed by atoms with Gasteiger partial charge in [-0.1, -0.05) is 207 Å². The topological polar surface area (TPSA) is 78.9 Å². The molecule has 0 fully saturated rings. The number of carbonyl (C=O) groups excluding carboxylic acids is 3. The van der Waals surface area contributed by atoms with Crippen LogP contribution >= 0.6 is 0 Å². The Balaban J connectivity index is 4.07. The summed E-state index contributed by atoms with van der Waals surface area (Å²) >= 11 is 0. The maximum atomic E-state index is 12.5. The zero-order valence-electron chi connectivity index (χ0n) is 33.7. The molecule has 0 unspecified atom stereocenters. The number of carbonyl (C=O) groups is 3. The molecule has 0 saturated heterocycles. The Labute approximate surface area is 310 Å². The molecule has 0 aliphatic heterocycles. The first-order valence-electron chi connectivity index (χ1n) is 22.0. The van der Waals surface area contributed by atoms with Crippen molar-refractivity contribution >= 4 is 17.9 Å². The predicted molar refractivity (Wildman–Crippen MR) is 210 cm³/mol. The SMILES string of the molecule is CCCCCCCCCCCCCCCCCCCCC(=O)OC[C@@H](COC(=O)CCCCCCCCCCC)OC(=O)CCCCCCC. The van der Waals surface area contributed by atoms with Crippen LogP contribution in [0.2, 0.25) is 0 Å². The molecule has 0 aromatic carbocycles. The third kappa shape index (κ3) is 37.7. The quantitative estimate of drug-likeness (QED) is 0.0358. The second-order valence-electron chi connectivity index (χ2n) is 15.0. The summed E-state index contributed by atoms with van der Waals surface area (Å²) in [6.45, 7) is 6.55. The van der Waals surface area contributed by atoms with Crippen molar-refractivity contribution in [2.24, 2.45) is 0 Å². The van der Waals surface area contributed by atoms with Crippen LogP contribution in [0, 0.1) is 0 Å². The van der Waals surface area contributed by atoms with Gasteiger partial charge in [-0.05, 0) is 19.3 Å². The maximum absolute atomic E-state index is 12.5. The van der Waals surface area contributed by atoms with Gasteiger partial charge in [0.05, 0.1) is 0 Å². The van der Waals surface area contributed by atoms with Crippen LogP contribution in [0.15, 0.2) is 0 Å². The van der Waals surface area contributed by atoms with Gasteiger partial charge in [0, 0.05) is 19.3 Å². The van der Waals surface area contributed by atoms with Gasteiger partial charge < -0.3 is 14.2 Å². The van der Waals surface area contributed by atoms with Gasteiger partial charge in [-0.25, -0.2) is 0 Å². The zero-order chi connectivity index (χ0) is 36.6. The van der Waals surface area contributed by atoms with Crippen molar-refractivity contribution in [3.05, 3.63) is 0 Å². The average Bonchev–Trinajstić information content (AvgIpc) is 3.11. The summed E-state index contributed by atoms with van der Waals surface area (Å²) in [5.41, 5.74) is 0. The summed E-state index contributed by atoms with van der Waals surface area (Å²) in [5.74, 6) is -0.872. The smallest absolute Gasteiger partial charge is 0.306 e. The maximum Gasteiger partial charge on any atom is 0.306 e.